The van der Waals surface area contributed by atoms with Crippen LogP contribution in [0.4, 0.5) is 17.3 Å². The van der Waals surface area contributed by atoms with Crippen LogP contribution in [0.15, 0.2) is 18.3 Å². The number of H-pyrrole nitrogens is 1. The van der Waals surface area contributed by atoms with Gasteiger partial charge >= 0.3 is 0 Å². The second-order valence-electron chi connectivity index (χ2n) is 8.42. The maximum absolute atomic E-state index is 6.43. The monoisotopic (exact) mass is 410 g/mol. The number of hydrogen-bond acceptors (Lipinski definition) is 8. The number of rotatable bonds is 3. The average Bonchev–Trinajstić information content (AvgIpc) is 3.47. The van der Waals surface area contributed by atoms with Gasteiger partial charge in [0.2, 0.25) is 0 Å². The van der Waals surface area contributed by atoms with Crippen molar-refractivity contribution >= 4 is 28.4 Å². The van der Waals surface area contributed by atoms with E-state index in [0.29, 0.717) is 19.0 Å². The maximum Gasteiger partial charge on any atom is 0.171 e. The van der Waals surface area contributed by atoms with Crippen LogP contribution in [0.25, 0.3) is 16.9 Å². The second kappa shape index (κ2) is 6.85. The minimum absolute atomic E-state index is 0.248. The molecular weight excluding hydrogens is 384 g/mol. The molecule has 3 aromatic rings. The van der Waals surface area contributed by atoms with Gasteiger partial charge in [-0.2, -0.15) is 9.78 Å². The van der Waals surface area contributed by atoms with Gasteiger partial charge in [0.25, 0.3) is 0 Å². The molecule has 10 nitrogen and oxygen atoms in total. The Morgan fingerprint density at radius 1 is 1.23 bits per heavy atom. The van der Waals surface area contributed by atoms with E-state index >= 15 is 0 Å². The number of fused-ring (bicyclic) bond motifs is 3. The number of aromatic nitrogens is 5. The molecule has 3 aliphatic rings. The lowest BCUT2D eigenvalue weighted by atomic mass is 10.1. The summed E-state index contributed by atoms with van der Waals surface area (Å²) >= 11 is 0. The second-order valence-corrected chi connectivity index (χ2v) is 8.42. The first-order valence-corrected chi connectivity index (χ1v) is 10.6. The molecule has 3 unspecified atom stereocenters. The SMILES string of the molecule is CC1COCCN1c1cc(N2CC3CCC(C2)O3)c2c(N)nn(-c3ccn[nH]3)c2n1. The molecule has 3 aliphatic heterocycles. The van der Waals surface area contributed by atoms with E-state index in [4.69, 9.17) is 20.2 Å². The highest BCUT2D eigenvalue weighted by Crippen LogP contribution is 2.38. The number of hydrogen-bond donors (Lipinski definition) is 2. The highest BCUT2D eigenvalue weighted by molar-refractivity contribution is 6.00. The van der Waals surface area contributed by atoms with Gasteiger partial charge in [-0.15, -0.1) is 5.10 Å². The van der Waals surface area contributed by atoms with Gasteiger partial charge in [-0.05, 0) is 19.8 Å². The minimum atomic E-state index is 0.248. The first-order chi connectivity index (χ1) is 14.7. The molecule has 0 radical (unpaired) electrons. The van der Waals surface area contributed by atoms with E-state index in [1.165, 1.54) is 0 Å². The molecule has 3 aromatic heterocycles. The van der Waals surface area contributed by atoms with Crippen molar-refractivity contribution < 1.29 is 9.47 Å². The van der Waals surface area contributed by atoms with Crippen LogP contribution in [0.3, 0.4) is 0 Å². The molecule has 6 heterocycles. The smallest absolute Gasteiger partial charge is 0.171 e. The Morgan fingerprint density at radius 2 is 2.07 bits per heavy atom. The molecule has 0 saturated carbocycles. The van der Waals surface area contributed by atoms with E-state index in [1.807, 2.05) is 6.07 Å². The summed E-state index contributed by atoms with van der Waals surface area (Å²) in [5.74, 6) is 2.14. The van der Waals surface area contributed by atoms with Crippen molar-refractivity contribution in [3.8, 4) is 5.82 Å². The number of nitrogens with zero attached hydrogens (tertiary/aromatic N) is 6. The molecule has 0 aliphatic carbocycles. The third-order valence-electron chi connectivity index (χ3n) is 6.39. The predicted molar refractivity (Wildman–Crippen MR) is 113 cm³/mol. The fourth-order valence-corrected chi connectivity index (χ4v) is 4.92. The zero-order chi connectivity index (χ0) is 20.2. The zero-order valence-corrected chi connectivity index (χ0v) is 17.0. The molecule has 0 amide bonds. The van der Waals surface area contributed by atoms with Crippen molar-refractivity contribution in [3.05, 3.63) is 18.3 Å². The maximum atomic E-state index is 6.43. The van der Waals surface area contributed by atoms with Crippen LogP contribution in [0, 0.1) is 0 Å². The molecule has 3 saturated heterocycles. The van der Waals surface area contributed by atoms with Gasteiger partial charge < -0.3 is 25.0 Å². The van der Waals surface area contributed by atoms with Gasteiger partial charge in [0.1, 0.15) is 5.82 Å². The molecule has 3 N–H and O–H groups in total. The highest BCUT2D eigenvalue weighted by Gasteiger charge is 2.36. The summed E-state index contributed by atoms with van der Waals surface area (Å²) in [7, 11) is 0. The Balaban J connectivity index is 1.54. The Labute approximate surface area is 173 Å². The van der Waals surface area contributed by atoms with Crippen molar-refractivity contribution in [1.82, 2.24) is 25.0 Å². The van der Waals surface area contributed by atoms with E-state index in [9.17, 15) is 0 Å². The molecule has 10 heteroatoms. The van der Waals surface area contributed by atoms with Crippen LogP contribution in [0.2, 0.25) is 0 Å². The normalized spacial score (nSPS) is 26.6. The summed E-state index contributed by atoms with van der Waals surface area (Å²) in [6.07, 6.45) is 4.49. The first kappa shape index (κ1) is 18.0. The third kappa shape index (κ3) is 2.82. The zero-order valence-electron chi connectivity index (χ0n) is 17.0. The van der Waals surface area contributed by atoms with Crippen molar-refractivity contribution in [1.29, 1.82) is 0 Å². The summed E-state index contributed by atoms with van der Waals surface area (Å²) in [5.41, 5.74) is 8.25. The van der Waals surface area contributed by atoms with E-state index in [1.54, 1.807) is 10.9 Å². The lowest BCUT2D eigenvalue weighted by Gasteiger charge is -2.37. The summed E-state index contributed by atoms with van der Waals surface area (Å²) in [6, 6.07) is 4.29. The summed E-state index contributed by atoms with van der Waals surface area (Å²) < 4.78 is 13.5. The first-order valence-electron chi connectivity index (χ1n) is 10.6. The lowest BCUT2D eigenvalue weighted by molar-refractivity contribution is 0.0306. The standard InChI is InChI=1S/C20H26N8O2/c1-12-11-29-7-6-27(12)17-8-15(26-9-13-2-3-14(10-26)30-13)18-19(21)25-28(20(18)23-17)16-4-5-22-24-16/h4-5,8,12-14H,2-3,6-7,9-11H2,1H3,(H2,21,25)(H,22,24). The number of pyridine rings is 1. The molecule has 3 atom stereocenters. The summed E-state index contributed by atoms with van der Waals surface area (Å²) in [6.45, 7) is 6.09. The van der Waals surface area contributed by atoms with Crippen LogP contribution in [0.1, 0.15) is 19.8 Å². The van der Waals surface area contributed by atoms with Gasteiger partial charge in [0.05, 0.1) is 48.7 Å². The van der Waals surface area contributed by atoms with Crippen LogP contribution < -0.4 is 15.5 Å². The van der Waals surface area contributed by atoms with Crippen LogP contribution in [0.5, 0.6) is 0 Å². The third-order valence-corrected chi connectivity index (χ3v) is 6.39. The van der Waals surface area contributed by atoms with Crippen molar-refractivity contribution in [3.63, 3.8) is 0 Å². The molecule has 3 fully saturated rings. The predicted octanol–water partition coefficient (Wildman–Crippen LogP) is 1.32. The number of nitrogens with two attached hydrogens (primary N) is 1. The van der Waals surface area contributed by atoms with Gasteiger partial charge in [0.15, 0.2) is 17.3 Å². The van der Waals surface area contributed by atoms with E-state index < -0.39 is 0 Å². The molecule has 158 valence electrons. The molecule has 6 rings (SSSR count). The topological polar surface area (TPSA) is 110 Å². The van der Waals surface area contributed by atoms with Gasteiger partial charge in [-0.3, -0.25) is 5.10 Å². The van der Waals surface area contributed by atoms with E-state index in [2.05, 4.69) is 38.1 Å². The van der Waals surface area contributed by atoms with Gasteiger partial charge in [-0.1, -0.05) is 0 Å². The average molecular weight is 410 g/mol. The number of anilines is 3. The van der Waals surface area contributed by atoms with Crippen molar-refractivity contribution in [2.45, 2.75) is 38.0 Å². The number of ether oxygens (including phenoxy) is 2. The van der Waals surface area contributed by atoms with Gasteiger partial charge in [0, 0.05) is 31.8 Å². The van der Waals surface area contributed by atoms with Crippen LogP contribution in [-0.2, 0) is 9.47 Å². The number of aromatic amines is 1. The molecule has 0 aromatic carbocycles. The van der Waals surface area contributed by atoms with Crippen LogP contribution >= 0.6 is 0 Å². The number of nitrogen functional groups attached to an aromatic ring is 1. The Hall–Kier alpha value is -2.85. The summed E-state index contributed by atoms with van der Waals surface area (Å²) in [4.78, 5) is 9.73. The van der Waals surface area contributed by atoms with E-state index in [-0.39, 0.29) is 18.2 Å². The van der Waals surface area contributed by atoms with Crippen LogP contribution in [-0.4, -0.2) is 76.1 Å². The Morgan fingerprint density at radius 3 is 2.80 bits per heavy atom. The Kier molecular flexibility index (Phi) is 4.10. The summed E-state index contributed by atoms with van der Waals surface area (Å²) in [5, 5.41) is 12.5. The fourth-order valence-electron chi connectivity index (χ4n) is 4.92. The van der Waals surface area contributed by atoms with E-state index in [0.717, 1.165) is 60.8 Å². The molecule has 0 spiro atoms. The van der Waals surface area contributed by atoms with Crippen molar-refractivity contribution in [2.75, 3.05) is 48.4 Å². The molecular formula is C20H26N8O2. The molecule has 2 bridgehead atoms. The Bertz CT molecular complexity index is 1050. The van der Waals surface area contributed by atoms with Crippen molar-refractivity contribution in [2.24, 2.45) is 0 Å². The highest BCUT2D eigenvalue weighted by atomic mass is 16.5. The van der Waals surface area contributed by atoms with Gasteiger partial charge in [-0.25, -0.2) is 4.98 Å². The molecule has 30 heavy (non-hydrogen) atoms. The largest absolute Gasteiger partial charge is 0.382 e. The number of nitrogens with one attached hydrogen (secondary N) is 1. The minimum Gasteiger partial charge on any atom is -0.382 e. The quantitative estimate of drug-likeness (QED) is 0.665. The number of morpholine rings is 2. The lowest BCUT2D eigenvalue weighted by Crippen LogP contribution is -2.45. The fraction of sp³-hybridized carbons (Fsp3) is 0.550.